The van der Waals surface area contributed by atoms with Crippen LogP contribution in [0.4, 0.5) is 0 Å². The van der Waals surface area contributed by atoms with Crippen molar-refractivity contribution in [2.24, 2.45) is 35.5 Å². The molecular weight excluding hydrogens is 426 g/mol. The maximum absolute atomic E-state index is 13.7. The molecule has 34 heavy (non-hydrogen) atoms. The van der Waals surface area contributed by atoms with Crippen LogP contribution in [-0.4, -0.2) is 28.7 Å². The van der Waals surface area contributed by atoms with Gasteiger partial charge in [-0.3, -0.25) is 14.5 Å². The number of carbonyl (C=O) groups is 3. The maximum atomic E-state index is 13.7. The van der Waals surface area contributed by atoms with Crippen LogP contribution in [0.25, 0.3) is 0 Å². The van der Waals surface area contributed by atoms with Crippen LogP contribution in [0, 0.1) is 35.5 Å². The largest absolute Gasteiger partial charge is 0.425 e. The van der Waals surface area contributed by atoms with Gasteiger partial charge in [-0.2, -0.15) is 0 Å². The van der Waals surface area contributed by atoms with E-state index < -0.39 is 12.0 Å². The lowest BCUT2D eigenvalue weighted by Crippen LogP contribution is -2.48. The van der Waals surface area contributed by atoms with E-state index in [1.165, 1.54) is 10.5 Å². The number of amides is 2. The van der Waals surface area contributed by atoms with Crippen molar-refractivity contribution in [3.8, 4) is 5.75 Å². The predicted octanol–water partition coefficient (Wildman–Crippen LogP) is 4.21. The van der Waals surface area contributed by atoms with Gasteiger partial charge in [-0.1, -0.05) is 68.0 Å². The fraction of sp³-hybridized carbons (Fsp3) is 0.414. The van der Waals surface area contributed by atoms with E-state index in [1.807, 2.05) is 42.5 Å². The number of likely N-dealkylation sites (tertiary alicyclic amines) is 1. The molecule has 2 aromatic rings. The molecule has 5 heteroatoms. The minimum Gasteiger partial charge on any atom is -0.425 e. The SMILES string of the molecule is CCCc1ccc(OC(=O)[C@H](Cc2ccccc2)N2C(=O)[C@@H]3[C@H]4C=C[C@@H]([C@@H]5C[C@H]45)[C@@H]3C2=O)cc1. The van der Waals surface area contributed by atoms with Crippen molar-refractivity contribution >= 4 is 17.8 Å². The Bertz CT molecular complexity index is 1120. The Morgan fingerprint density at radius 3 is 2.12 bits per heavy atom. The normalized spacial score (nSPS) is 31.3. The van der Waals surface area contributed by atoms with E-state index in [9.17, 15) is 14.4 Å². The number of hydrogen-bond donors (Lipinski definition) is 0. The summed E-state index contributed by atoms with van der Waals surface area (Å²) < 4.78 is 5.74. The number of ether oxygens (including phenoxy) is 1. The second kappa shape index (κ2) is 8.23. The number of hydrogen-bond acceptors (Lipinski definition) is 4. The fourth-order valence-electron chi connectivity index (χ4n) is 6.60. The fourth-order valence-corrected chi connectivity index (χ4v) is 6.60. The predicted molar refractivity (Wildman–Crippen MR) is 127 cm³/mol. The molecule has 174 valence electrons. The number of aryl methyl sites for hydroxylation is 1. The second-order valence-corrected chi connectivity index (χ2v) is 10.2. The summed E-state index contributed by atoms with van der Waals surface area (Å²) in [6.07, 6.45) is 7.66. The molecule has 0 spiro atoms. The van der Waals surface area contributed by atoms with Gasteiger partial charge in [-0.15, -0.1) is 0 Å². The first-order valence-corrected chi connectivity index (χ1v) is 12.5. The van der Waals surface area contributed by atoms with Crippen molar-refractivity contribution in [2.75, 3.05) is 0 Å². The summed E-state index contributed by atoms with van der Waals surface area (Å²) in [6, 6.07) is 16.0. The first-order chi connectivity index (χ1) is 16.6. The van der Waals surface area contributed by atoms with Crippen molar-refractivity contribution in [1.29, 1.82) is 0 Å². The molecular formula is C29H29NO4. The molecule has 0 radical (unpaired) electrons. The summed E-state index contributed by atoms with van der Waals surface area (Å²) in [6.45, 7) is 2.12. The number of rotatable bonds is 7. The number of nitrogens with zero attached hydrogens (tertiary/aromatic N) is 1. The van der Waals surface area contributed by atoms with Gasteiger partial charge in [0.15, 0.2) is 0 Å². The van der Waals surface area contributed by atoms with Crippen LogP contribution in [0.15, 0.2) is 66.7 Å². The van der Waals surface area contributed by atoms with Crippen LogP contribution in [-0.2, 0) is 27.2 Å². The van der Waals surface area contributed by atoms with Gasteiger partial charge in [0.1, 0.15) is 11.8 Å². The van der Waals surface area contributed by atoms with Crippen LogP contribution in [0.1, 0.15) is 30.9 Å². The highest BCUT2D eigenvalue weighted by atomic mass is 16.5. The van der Waals surface area contributed by atoms with E-state index in [2.05, 4.69) is 19.1 Å². The molecule has 4 aliphatic carbocycles. The van der Waals surface area contributed by atoms with Gasteiger partial charge in [0.2, 0.25) is 11.8 Å². The van der Waals surface area contributed by atoms with E-state index in [0.717, 1.165) is 24.8 Å². The smallest absolute Gasteiger partial charge is 0.335 e. The number of benzene rings is 2. The lowest BCUT2D eigenvalue weighted by molar-refractivity contribution is -0.153. The van der Waals surface area contributed by atoms with Crippen molar-refractivity contribution in [3.63, 3.8) is 0 Å². The molecule has 5 aliphatic rings. The molecule has 1 saturated heterocycles. The third kappa shape index (κ3) is 3.41. The van der Waals surface area contributed by atoms with Crippen molar-refractivity contribution in [3.05, 3.63) is 77.9 Å². The molecule has 0 N–H and O–H groups in total. The first-order valence-electron chi connectivity index (χ1n) is 12.5. The summed E-state index contributed by atoms with van der Waals surface area (Å²) in [4.78, 5) is 42.1. The van der Waals surface area contributed by atoms with Gasteiger partial charge < -0.3 is 4.74 Å². The Morgan fingerprint density at radius 2 is 1.53 bits per heavy atom. The van der Waals surface area contributed by atoms with E-state index in [4.69, 9.17) is 4.74 Å². The highest BCUT2D eigenvalue weighted by Gasteiger charge is 2.68. The van der Waals surface area contributed by atoms with Crippen LogP contribution in [0.3, 0.4) is 0 Å². The molecule has 0 unspecified atom stereocenters. The minimum atomic E-state index is -0.973. The Balaban J connectivity index is 1.29. The molecule has 2 amide bonds. The monoisotopic (exact) mass is 455 g/mol. The number of esters is 1. The number of imide groups is 1. The van der Waals surface area contributed by atoms with Crippen molar-refractivity contribution < 1.29 is 19.1 Å². The summed E-state index contributed by atoms with van der Waals surface area (Å²) >= 11 is 0. The summed E-state index contributed by atoms with van der Waals surface area (Å²) in [7, 11) is 0. The van der Waals surface area contributed by atoms with Crippen molar-refractivity contribution in [1.82, 2.24) is 4.90 Å². The maximum Gasteiger partial charge on any atom is 0.335 e. The van der Waals surface area contributed by atoms with E-state index in [1.54, 1.807) is 12.1 Å². The third-order valence-electron chi connectivity index (χ3n) is 8.23. The van der Waals surface area contributed by atoms with Crippen LogP contribution >= 0.6 is 0 Å². The first kappa shape index (κ1) is 21.3. The zero-order valence-electron chi connectivity index (χ0n) is 19.3. The van der Waals surface area contributed by atoms with Crippen molar-refractivity contribution in [2.45, 2.75) is 38.6 Å². The van der Waals surface area contributed by atoms with E-state index in [0.29, 0.717) is 17.6 Å². The Morgan fingerprint density at radius 1 is 0.912 bits per heavy atom. The zero-order chi connectivity index (χ0) is 23.4. The van der Waals surface area contributed by atoms with Gasteiger partial charge in [-0.05, 0) is 59.8 Å². The lowest BCUT2D eigenvalue weighted by atomic mass is 9.63. The topological polar surface area (TPSA) is 63.7 Å². The molecule has 7 rings (SSSR count). The average molecular weight is 456 g/mol. The van der Waals surface area contributed by atoms with Gasteiger partial charge in [0.25, 0.3) is 0 Å². The Kier molecular flexibility index (Phi) is 5.16. The number of carbonyl (C=O) groups excluding carboxylic acids is 3. The third-order valence-corrected chi connectivity index (χ3v) is 8.23. The number of allylic oxidation sites excluding steroid dienone is 2. The quantitative estimate of drug-likeness (QED) is 0.272. The van der Waals surface area contributed by atoms with E-state index >= 15 is 0 Å². The minimum absolute atomic E-state index is 0.126. The van der Waals surface area contributed by atoms with Gasteiger partial charge in [-0.25, -0.2) is 4.79 Å². The van der Waals surface area contributed by atoms with Crippen LogP contribution in [0.2, 0.25) is 0 Å². The van der Waals surface area contributed by atoms with Gasteiger partial charge in [0.05, 0.1) is 11.8 Å². The van der Waals surface area contributed by atoms with E-state index in [-0.39, 0.29) is 41.9 Å². The molecule has 2 aromatic carbocycles. The molecule has 0 aromatic heterocycles. The van der Waals surface area contributed by atoms with Crippen LogP contribution in [0.5, 0.6) is 5.75 Å². The summed E-state index contributed by atoms with van der Waals surface area (Å²) in [5.41, 5.74) is 2.07. The molecule has 7 atom stereocenters. The molecule has 2 bridgehead atoms. The standard InChI is InChI=1S/C29H29NO4/c1-2-6-17-9-11-19(12-10-17)34-29(33)24(15-18-7-4-3-5-8-18)30-27(31)25-20-13-14-21(23-16-22(20)23)26(25)28(30)32/h3-5,7-14,20-26H,2,6,15-16H2,1H3/t20-,21-,22-,23+,24-,25-,26+/m0/s1. The zero-order valence-corrected chi connectivity index (χ0v) is 19.3. The second-order valence-electron chi connectivity index (χ2n) is 10.2. The molecule has 1 aliphatic heterocycles. The van der Waals surface area contributed by atoms with Gasteiger partial charge in [0, 0.05) is 6.42 Å². The highest BCUT2D eigenvalue weighted by molar-refractivity contribution is 6.09. The molecule has 5 nitrogen and oxygen atoms in total. The van der Waals surface area contributed by atoms with Gasteiger partial charge >= 0.3 is 5.97 Å². The molecule has 2 saturated carbocycles. The Labute approximate surface area is 199 Å². The summed E-state index contributed by atoms with van der Waals surface area (Å²) in [5, 5.41) is 0. The van der Waals surface area contributed by atoms with Crippen LogP contribution < -0.4 is 4.74 Å². The molecule has 3 fully saturated rings. The average Bonchev–Trinajstić information content (AvgIpc) is 3.63. The highest BCUT2D eigenvalue weighted by Crippen LogP contribution is 2.65. The Hall–Kier alpha value is -3.21. The summed E-state index contributed by atoms with van der Waals surface area (Å²) in [5.74, 6) is 0.119. The lowest BCUT2D eigenvalue weighted by Gasteiger charge is -2.37. The molecule has 1 heterocycles.